The molecule has 0 aliphatic carbocycles. The Balaban J connectivity index is 2.76. The largest absolute Gasteiger partial charge is 0.352 e. The third-order valence-electron chi connectivity index (χ3n) is 2.61. The summed E-state index contributed by atoms with van der Waals surface area (Å²) in [6.45, 7) is 4.95. The van der Waals surface area contributed by atoms with E-state index in [2.05, 4.69) is 10.6 Å². The Labute approximate surface area is 116 Å². The highest BCUT2D eigenvalue weighted by molar-refractivity contribution is 5.98. The summed E-state index contributed by atoms with van der Waals surface area (Å²) in [4.78, 5) is 33.6. The van der Waals surface area contributed by atoms with Crippen LogP contribution in [0.15, 0.2) is 18.2 Å². The highest BCUT2D eigenvalue weighted by Gasteiger charge is 2.18. The molecule has 0 aromatic heterocycles. The topological polar surface area (TPSA) is 101 Å². The number of rotatable bonds is 5. The number of carbonyl (C=O) groups excluding carboxylic acids is 2. The molecule has 0 atom stereocenters. The molecule has 1 aromatic rings. The molecule has 108 valence electrons. The number of carbonyl (C=O) groups is 2. The second kappa shape index (κ2) is 6.65. The van der Waals surface area contributed by atoms with Crippen LogP contribution in [0.3, 0.4) is 0 Å². The Bertz CT molecular complexity index is 540. The van der Waals surface area contributed by atoms with Gasteiger partial charge in [0.1, 0.15) is 0 Å². The summed E-state index contributed by atoms with van der Waals surface area (Å²) in [6.07, 6.45) is 0. The predicted octanol–water partition coefficient (Wildman–Crippen LogP) is 1.16. The smallest absolute Gasteiger partial charge is 0.273 e. The first-order chi connectivity index (χ1) is 9.32. The third-order valence-corrected chi connectivity index (χ3v) is 2.61. The minimum atomic E-state index is -0.544. The van der Waals surface area contributed by atoms with Gasteiger partial charge in [0, 0.05) is 23.2 Å². The molecule has 0 unspecified atom stereocenters. The fourth-order valence-corrected chi connectivity index (χ4v) is 1.70. The summed E-state index contributed by atoms with van der Waals surface area (Å²) in [7, 11) is 0. The average molecular weight is 279 g/mol. The lowest BCUT2D eigenvalue weighted by molar-refractivity contribution is -0.385. The van der Waals surface area contributed by atoms with Crippen LogP contribution in [-0.4, -0.2) is 29.3 Å². The number of hydrogen-bond acceptors (Lipinski definition) is 4. The standard InChI is InChI=1S/C13H17N3O4/c1-8(2)15-12(17)7-14-13(18)10-5-4-6-11(9(10)3)16(19)20/h4-6,8H,7H2,1-3H3,(H,14,18)(H,15,17). The van der Waals surface area contributed by atoms with Gasteiger partial charge in [0.05, 0.1) is 11.5 Å². The monoisotopic (exact) mass is 279 g/mol. The maximum atomic E-state index is 11.9. The molecule has 0 heterocycles. The van der Waals surface area contributed by atoms with Gasteiger partial charge in [-0.15, -0.1) is 0 Å². The molecule has 7 heteroatoms. The van der Waals surface area contributed by atoms with E-state index in [0.717, 1.165) is 0 Å². The first kappa shape index (κ1) is 15.6. The SMILES string of the molecule is Cc1c(C(=O)NCC(=O)NC(C)C)cccc1[N+](=O)[O-]. The molecular weight excluding hydrogens is 262 g/mol. The second-order valence-corrected chi connectivity index (χ2v) is 4.61. The molecule has 7 nitrogen and oxygen atoms in total. The molecule has 1 rings (SSSR count). The van der Waals surface area contributed by atoms with Crippen LogP contribution in [0.5, 0.6) is 0 Å². The van der Waals surface area contributed by atoms with Crippen LogP contribution in [0, 0.1) is 17.0 Å². The molecule has 0 saturated carbocycles. The van der Waals surface area contributed by atoms with Crippen LogP contribution >= 0.6 is 0 Å². The molecule has 2 N–H and O–H groups in total. The van der Waals surface area contributed by atoms with Crippen molar-refractivity contribution in [2.24, 2.45) is 0 Å². The van der Waals surface area contributed by atoms with Crippen LogP contribution in [0.25, 0.3) is 0 Å². The maximum absolute atomic E-state index is 11.9. The molecule has 0 aliphatic rings. The Morgan fingerprint density at radius 2 is 2.00 bits per heavy atom. The quantitative estimate of drug-likeness (QED) is 0.623. The van der Waals surface area contributed by atoms with E-state index >= 15 is 0 Å². The second-order valence-electron chi connectivity index (χ2n) is 4.61. The highest BCUT2D eigenvalue weighted by Crippen LogP contribution is 2.20. The number of nitrogens with one attached hydrogen (secondary N) is 2. The zero-order valence-electron chi connectivity index (χ0n) is 11.6. The normalized spacial score (nSPS) is 10.2. The van der Waals surface area contributed by atoms with Gasteiger partial charge >= 0.3 is 0 Å². The van der Waals surface area contributed by atoms with Gasteiger partial charge in [0.15, 0.2) is 0 Å². The van der Waals surface area contributed by atoms with Crippen molar-refractivity contribution in [3.8, 4) is 0 Å². The van der Waals surface area contributed by atoms with Crippen molar-refractivity contribution in [1.82, 2.24) is 10.6 Å². The maximum Gasteiger partial charge on any atom is 0.273 e. The van der Waals surface area contributed by atoms with Gasteiger partial charge in [-0.2, -0.15) is 0 Å². The fraction of sp³-hybridized carbons (Fsp3) is 0.385. The van der Waals surface area contributed by atoms with Crippen molar-refractivity contribution in [2.45, 2.75) is 26.8 Å². The first-order valence-electron chi connectivity index (χ1n) is 6.14. The minimum Gasteiger partial charge on any atom is -0.352 e. The molecule has 0 radical (unpaired) electrons. The zero-order chi connectivity index (χ0) is 15.3. The lowest BCUT2D eigenvalue weighted by atomic mass is 10.1. The van der Waals surface area contributed by atoms with E-state index in [0.29, 0.717) is 0 Å². The van der Waals surface area contributed by atoms with Gasteiger partial charge in [-0.05, 0) is 26.8 Å². The van der Waals surface area contributed by atoms with Crippen LogP contribution in [-0.2, 0) is 4.79 Å². The number of nitro benzene ring substituents is 1. The highest BCUT2D eigenvalue weighted by atomic mass is 16.6. The Kier molecular flexibility index (Phi) is 5.19. The summed E-state index contributed by atoms with van der Waals surface area (Å²) in [6, 6.07) is 4.24. The molecule has 20 heavy (non-hydrogen) atoms. The van der Waals surface area contributed by atoms with Gasteiger partial charge in [-0.1, -0.05) is 6.07 Å². The summed E-state index contributed by atoms with van der Waals surface area (Å²) in [5.41, 5.74) is 0.347. The van der Waals surface area contributed by atoms with Crippen molar-refractivity contribution in [2.75, 3.05) is 6.54 Å². The molecule has 0 aliphatic heterocycles. The lowest BCUT2D eigenvalue weighted by Crippen LogP contribution is -2.40. The molecule has 2 amide bonds. The third kappa shape index (κ3) is 4.04. The number of benzene rings is 1. The number of hydrogen-bond donors (Lipinski definition) is 2. The number of amides is 2. The molecule has 0 fully saturated rings. The van der Waals surface area contributed by atoms with Gasteiger partial charge < -0.3 is 10.6 Å². The summed E-state index contributed by atoms with van der Waals surface area (Å²) in [5.74, 6) is -0.818. The summed E-state index contributed by atoms with van der Waals surface area (Å²) >= 11 is 0. The van der Waals surface area contributed by atoms with E-state index in [1.54, 1.807) is 0 Å². The van der Waals surface area contributed by atoms with E-state index in [9.17, 15) is 19.7 Å². The lowest BCUT2D eigenvalue weighted by Gasteiger charge is -2.10. The predicted molar refractivity (Wildman–Crippen MR) is 73.4 cm³/mol. The van der Waals surface area contributed by atoms with Crippen LogP contribution in [0.2, 0.25) is 0 Å². The van der Waals surface area contributed by atoms with Gasteiger partial charge in [0.2, 0.25) is 5.91 Å². The van der Waals surface area contributed by atoms with E-state index in [1.807, 2.05) is 13.8 Å². The molecule has 0 spiro atoms. The van der Waals surface area contributed by atoms with E-state index in [4.69, 9.17) is 0 Å². The fourth-order valence-electron chi connectivity index (χ4n) is 1.70. The molecule has 1 aromatic carbocycles. The number of nitro groups is 1. The van der Waals surface area contributed by atoms with Crippen molar-refractivity contribution < 1.29 is 14.5 Å². The zero-order valence-corrected chi connectivity index (χ0v) is 11.6. The minimum absolute atomic E-state index is 0.0149. The number of nitrogens with zero attached hydrogens (tertiary/aromatic N) is 1. The van der Waals surface area contributed by atoms with Gasteiger partial charge in [-0.3, -0.25) is 19.7 Å². The van der Waals surface area contributed by atoms with Crippen LogP contribution < -0.4 is 10.6 Å². The summed E-state index contributed by atoms with van der Waals surface area (Å²) < 4.78 is 0. The Morgan fingerprint density at radius 3 is 2.55 bits per heavy atom. The van der Waals surface area contributed by atoms with E-state index in [1.165, 1.54) is 25.1 Å². The van der Waals surface area contributed by atoms with E-state index < -0.39 is 10.8 Å². The van der Waals surface area contributed by atoms with Crippen LogP contribution in [0.1, 0.15) is 29.8 Å². The van der Waals surface area contributed by atoms with Gasteiger partial charge in [-0.25, -0.2) is 0 Å². The van der Waals surface area contributed by atoms with Crippen LogP contribution in [0.4, 0.5) is 5.69 Å². The molecular formula is C13H17N3O4. The van der Waals surface area contributed by atoms with Crippen molar-refractivity contribution in [1.29, 1.82) is 0 Å². The van der Waals surface area contributed by atoms with Crippen molar-refractivity contribution in [3.63, 3.8) is 0 Å². The summed E-state index contributed by atoms with van der Waals surface area (Å²) in [5, 5.41) is 15.9. The van der Waals surface area contributed by atoms with E-state index in [-0.39, 0.29) is 35.3 Å². The van der Waals surface area contributed by atoms with Gasteiger partial charge in [0.25, 0.3) is 11.6 Å². The van der Waals surface area contributed by atoms with Crippen molar-refractivity contribution in [3.05, 3.63) is 39.4 Å². The molecule has 0 bridgehead atoms. The Morgan fingerprint density at radius 1 is 1.35 bits per heavy atom. The average Bonchev–Trinajstić information content (AvgIpc) is 2.35. The first-order valence-corrected chi connectivity index (χ1v) is 6.14. The Hall–Kier alpha value is -2.44. The van der Waals surface area contributed by atoms with Crippen molar-refractivity contribution >= 4 is 17.5 Å². The molecule has 0 saturated heterocycles.